The summed E-state index contributed by atoms with van der Waals surface area (Å²) in [7, 11) is 1.51. The number of nitriles is 1. The smallest absolute Gasteiger partial charge is 0.312 e. The third-order valence-electron chi connectivity index (χ3n) is 3.30. The van der Waals surface area contributed by atoms with E-state index in [4.69, 9.17) is 27.3 Å². The molecule has 134 valence electrons. The predicted octanol–water partition coefficient (Wildman–Crippen LogP) is 1.35. The predicted molar refractivity (Wildman–Crippen MR) is 90.4 cm³/mol. The largest absolute Gasteiger partial charge is 0.455 e. The van der Waals surface area contributed by atoms with E-state index in [0.717, 1.165) is 0 Å². The maximum atomic E-state index is 12.0. The van der Waals surface area contributed by atoms with Crippen LogP contribution in [0.2, 0.25) is 5.02 Å². The van der Waals surface area contributed by atoms with Crippen LogP contribution in [0.1, 0.15) is 24.4 Å². The molecule has 3 N–H and O–H groups in total. The fourth-order valence-corrected chi connectivity index (χ4v) is 2.07. The zero-order valence-corrected chi connectivity index (χ0v) is 14.5. The van der Waals surface area contributed by atoms with E-state index in [1.54, 1.807) is 24.3 Å². The fourth-order valence-electron chi connectivity index (χ4n) is 1.94. The molecule has 1 atom stereocenters. The molecule has 1 rings (SSSR count). The molecule has 0 saturated heterocycles. The second kappa shape index (κ2) is 10.2. The molecule has 0 radical (unpaired) electrons. The van der Waals surface area contributed by atoms with E-state index in [2.05, 4.69) is 5.32 Å². The second-order valence-electron chi connectivity index (χ2n) is 5.20. The summed E-state index contributed by atoms with van der Waals surface area (Å²) in [5.41, 5.74) is 5.75. The summed E-state index contributed by atoms with van der Waals surface area (Å²) in [5, 5.41) is 11.4. The summed E-state index contributed by atoms with van der Waals surface area (Å²) in [6, 6.07) is 6.96. The molecule has 0 aliphatic heterocycles. The van der Waals surface area contributed by atoms with E-state index in [-0.39, 0.29) is 19.4 Å². The minimum atomic E-state index is -0.792. The number of rotatable bonds is 8. The van der Waals surface area contributed by atoms with Crippen LogP contribution in [0.25, 0.3) is 0 Å². The van der Waals surface area contributed by atoms with Gasteiger partial charge < -0.3 is 20.7 Å². The van der Waals surface area contributed by atoms with Gasteiger partial charge in [-0.3, -0.25) is 9.59 Å². The molecule has 8 nitrogen and oxygen atoms in total. The summed E-state index contributed by atoms with van der Waals surface area (Å²) >= 11 is 5.81. The third-order valence-corrected chi connectivity index (χ3v) is 3.55. The minimum Gasteiger partial charge on any atom is -0.455 e. The lowest BCUT2D eigenvalue weighted by atomic mass is 10.0. The number of hydrogen-bond acceptors (Lipinski definition) is 5. The van der Waals surface area contributed by atoms with Crippen molar-refractivity contribution in [3.8, 4) is 6.07 Å². The van der Waals surface area contributed by atoms with Crippen LogP contribution in [0.3, 0.4) is 0 Å². The lowest BCUT2D eigenvalue weighted by molar-refractivity contribution is -0.151. The van der Waals surface area contributed by atoms with Crippen molar-refractivity contribution in [1.29, 1.82) is 5.26 Å². The van der Waals surface area contributed by atoms with Crippen molar-refractivity contribution < 1.29 is 19.1 Å². The molecule has 0 bridgehead atoms. The van der Waals surface area contributed by atoms with E-state index in [0.29, 0.717) is 10.6 Å². The van der Waals surface area contributed by atoms with E-state index >= 15 is 0 Å². The number of amides is 3. The standard InChI is InChI=1S/C16H19ClN4O4/c1-21(8-2-7-18)14(22)10-25-15(23)9-13(20-16(19)24)11-3-5-12(17)6-4-11/h3-6,13H,2,8-10H2,1H3,(H3,19,20,24). The molecule has 1 aromatic carbocycles. The van der Waals surface area contributed by atoms with Crippen LogP contribution in [0.15, 0.2) is 24.3 Å². The first kappa shape index (κ1) is 20.3. The van der Waals surface area contributed by atoms with Gasteiger partial charge in [-0.1, -0.05) is 23.7 Å². The number of primary amides is 1. The molecule has 0 aliphatic rings. The molecule has 0 spiro atoms. The Morgan fingerprint density at radius 1 is 1.36 bits per heavy atom. The van der Waals surface area contributed by atoms with Crippen molar-refractivity contribution in [3.63, 3.8) is 0 Å². The number of urea groups is 1. The lowest BCUT2D eigenvalue weighted by Gasteiger charge is -2.18. The molecular weight excluding hydrogens is 348 g/mol. The maximum absolute atomic E-state index is 12.0. The number of hydrogen-bond donors (Lipinski definition) is 2. The van der Waals surface area contributed by atoms with E-state index in [9.17, 15) is 14.4 Å². The van der Waals surface area contributed by atoms with Crippen LogP contribution in [0.4, 0.5) is 4.79 Å². The Hall–Kier alpha value is -2.79. The fraction of sp³-hybridized carbons (Fsp3) is 0.375. The topological polar surface area (TPSA) is 126 Å². The first-order valence-electron chi connectivity index (χ1n) is 7.41. The second-order valence-corrected chi connectivity index (χ2v) is 5.64. The van der Waals surface area contributed by atoms with Crippen LogP contribution in [-0.4, -0.2) is 43.0 Å². The molecule has 0 heterocycles. The monoisotopic (exact) mass is 366 g/mol. The van der Waals surface area contributed by atoms with Gasteiger partial charge >= 0.3 is 12.0 Å². The summed E-state index contributed by atoms with van der Waals surface area (Å²) in [6.45, 7) is -0.186. The van der Waals surface area contributed by atoms with E-state index in [1.165, 1.54) is 11.9 Å². The Morgan fingerprint density at radius 2 is 2.00 bits per heavy atom. The first-order valence-corrected chi connectivity index (χ1v) is 7.79. The normalized spacial score (nSPS) is 11.1. The number of likely N-dealkylation sites (N-methyl/N-ethyl adjacent to an activating group) is 1. The Labute approximate surface area is 150 Å². The third kappa shape index (κ3) is 7.54. The van der Waals surface area contributed by atoms with Crippen LogP contribution in [-0.2, 0) is 14.3 Å². The Balaban J connectivity index is 2.60. The van der Waals surface area contributed by atoms with Gasteiger partial charge in [0.1, 0.15) is 0 Å². The highest BCUT2D eigenvalue weighted by molar-refractivity contribution is 6.30. The molecule has 3 amide bonds. The van der Waals surface area contributed by atoms with Crippen LogP contribution in [0, 0.1) is 11.3 Å². The van der Waals surface area contributed by atoms with Gasteiger partial charge in [0.15, 0.2) is 6.61 Å². The Kier molecular flexibility index (Phi) is 8.23. The SMILES string of the molecule is CN(CCC#N)C(=O)COC(=O)CC(NC(N)=O)c1ccc(Cl)cc1. The average molecular weight is 367 g/mol. The van der Waals surface area contributed by atoms with Gasteiger partial charge in [0.25, 0.3) is 5.91 Å². The Morgan fingerprint density at radius 3 is 2.56 bits per heavy atom. The van der Waals surface area contributed by atoms with Gasteiger partial charge in [-0.15, -0.1) is 0 Å². The number of esters is 1. The van der Waals surface area contributed by atoms with Crippen molar-refractivity contribution in [2.24, 2.45) is 5.73 Å². The number of benzene rings is 1. The quantitative estimate of drug-likeness (QED) is 0.672. The first-order chi connectivity index (χ1) is 11.8. The van der Waals surface area contributed by atoms with Crippen LogP contribution >= 0.6 is 11.6 Å². The van der Waals surface area contributed by atoms with Crippen molar-refractivity contribution in [2.75, 3.05) is 20.2 Å². The lowest BCUT2D eigenvalue weighted by Crippen LogP contribution is -2.35. The van der Waals surface area contributed by atoms with Crippen LogP contribution in [0.5, 0.6) is 0 Å². The van der Waals surface area contributed by atoms with E-state index in [1.807, 2.05) is 6.07 Å². The number of nitrogens with zero attached hydrogens (tertiary/aromatic N) is 2. The molecule has 25 heavy (non-hydrogen) atoms. The summed E-state index contributed by atoms with van der Waals surface area (Å²) in [5.74, 6) is -1.09. The molecule has 0 fully saturated rings. The van der Waals surface area contributed by atoms with Crippen molar-refractivity contribution in [3.05, 3.63) is 34.9 Å². The molecule has 9 heteroatoms. The highest BCUT2D eigenvalue weighted by Crippen LogP contribution is 2.20. The number of nitrogens with two attached hydrogens (primary N) is 1. The summed E-state index contributed by atoms with van der Waals surface area (Å²) in [6.07, 6.45) is -0.00286. The van der Waals surface area contributed by atoms with Crippen molar-refractivity contribution in [2.45, 2.75) is 18.9 Å². The summed E-state index contributed by atoms with van der Waals surface area (Å²) < 4.78 is 4.93. The van der Waals surface area contributed by atoms with Crippen molar-refractivity contribution >= 4 is 29.5 Å². The highest BCUT2D eigenvalue weighted by Gasteiger charge is 2.20. The van der Waals surface area contributed by atoms with Gasteiger partial charge in [0.05, 0.1) is 25.0 Å². The van der Waals surface area contributed by atoms with Gasteiger partial charge in [-0.05, 0) is 17.7 Å². The van der Waals surface area contributed by atoms with E-state index < -0.39 is 30.6 Å². The molecule has 0 aromatic heterocycles. The zero-order valence-electron chi connectivity index (χ0n) is 13.7. The van der Waals surface area contributed by atoms with Gasteiger partial charge in [-0.2, -0.15) is 5.26 Å². The molecule has 0 aliphatic carbocycles. The molecule has 1 unspecified atom stereocenters. The van der Waals surface area contributed by atoms with Crippen molar-refractivity contribution in [1.82, 2.24) is 10.2 Å². The van der Waals surface area contributed by atoms with Gasteiger partial charge in [0, 0.05) is 18.6 Å². The Bertz CT molecular complexity index is 657. The summed E-state index contributed by atoms with van der Waals surface area (Å²) in [4.78, 5) is 36.1. The number of ether oxygens (including phenoxy) is 1. The maximum Gasteiger partial charge on any atom is 0.312 e. The van der Waals surface area contributed by atoms with Gasteiger partial charge in [0.2, 0.25) is 0 Å². The average Bonchev–Trinajstić information content (AvgIpc) is 2.57. The molecular formula is C16H19ClN4O4. The highest BCUT2D eigenvalue weighted by atomic mass is 35.5. The zero-order chi connectivity index (χ0) is 18.8. The molecule has 0 saturated carbocycles. The van der Waals surface area contributed by atoms with Crippen LogP contribution < -0.4 is 11.1 Å². The number of nitrogens with one attached hydrogen (secondary N) is 1. The minimum absolute atomic E-state index is 0.192. The number of carbonyl (C=O) groups is 3. The number of halogens is 1. The molecule has 1 aromatic rings. The number of carbonyl (C=O) groups excluding carboxylic acids is 3. The van der Waals surface area contributed by atoms with Gasteiger partial charge in [-0.25, -0.2) is 4.79 Å².